The van der Waals surface area contributed by atoms with E-state index < -0.39 is 0 Å². The molecule has 3 atom stereocenters. The first-order valence-electron chi connectivity index (χ1n) is 13.2. The number of aliphatic hydroxyl groups excluding tert-OH is 1. The molecule has 1 saturated heterocycles. The number of morpholine rings is 1. The zero-order valence-corrected chi connectivity index (χ0v) is 22.5. The summed E-state index contributed by atoms with van der Waals surface area (Å²) < 4.78 is 11.7. The van der Waals surface area contributed by atoms with E-state index in [1.54, 1.807) is 29.1 Å². The van der Waals surface area contributed by atoms with Crippen molar-refractivity contribution in [3.05, 3.63) is 59.3 Å². The van der Waals surface area contributed by atoms with Crippen molar-refractivity contribution in [2.24, 2.45) is 5.92 Å². The third kappa shape index (κ3) is 6.98. The smallest absolute Gasteiger partial charge is 0.259 e. The van der Waals surface area contributed by atoms with E-state index in [0.29, 0.717) is 38.4 Å². The van der Waals surface area contributed by atoms with E-state index in [4.69, 9.17) is 9.47 Å². The molecule has 2 amide bonds. The Labute approximate surface area is 224 Å². The molecular formula is C29H38N4O5. The van der Waals surface area contributed by atoms with Crippen molar-refractivity contribution in [1.29, 1.82) is 0 Å². The lowest BCUT2D eigenvalue weighted by atomic mass is 9.99. The van der Waals surface area contributed by atoms with Crippen LogP contribution in [0.1, 0.15) is 35.3 Å². The van der Waals surface area contributed by atoms with Gasteiger partial charge in [0.25, 0.3) is 5.91 Å². The molecule has 0 bridgehead atoms. The topological polar surface area (TPSA) is 95.4 Å². The van der Waals surface area contributed by atoms with Crippen LogP contribution in [-0.4, -0.2) is 108 Å². The maximum atomic E-state index is 13.6. The van der Waals surface area contributed by atoms with Gasteiger partial charge in [0.15, 0.2) is 0 Å². The van der Waals surface area contributed by atoms with E-state index >= 15 is 0 Å². The van der Waals surface area contributed by atoms with E-state index in [2.05, 4.69) is 9.88 Å². The SMILES string of the molecule is C[C@@H]1CN([C@@H](C)CO)C(=O)c2cc(/C=C/c3ccccc3)cnc2O[C@H]1CN(C)C(=O)CN1CCOCC1. The summed E-state index contributed by atoms with van der Waals surface area (Å²) in [6, 6.07) is 11.3. The number of nitrogens with zero attached hydrogens (tertiary/aromatic N) is 4. The number of rotatable bonds is 8. The average Bonchev–Trinajstić information content (AvgIpc) is 2.94. The van der Waals surface area contributed by atoms with Crippen LogP contribution in [0.25, 0.3) is 12.2 Å². The number of likely N-dealkylation sites (N-methyl/N-ethyl adjacent to an activating group) is 1. The monoisotopic (exact) mass is 522 g/mol. The van der Waals surface area contributed by atoms with Crippen molar-refractivity contribution in [3.8, 4) is 5.88 Å². The maximum absolute atomic E-state index is 13.6. The Morgan fingerprint density at radius 2 is 1.92 bits per heavy atom. The average molecular weight is 523 g/mol. The highest BCUT2D eigenvalue weighted by Crippen LogP contribution is 2.28. The summed E-state index contributed by atoms with van der Waals surface area (Å²) in [6.45, 7) is 7.50. The summed E-state index contributed by atoms with van der Waals surface area (Å²) in [6.07, 6.45) is 5.17. The molecule has 2 aliphatic rings. The van der Waals surface area contributed by atoms with Crippen LogP contribution in [0.3, 0.4) is 0 Å². The van der Waals surface area contributed by atoms with Gasteiger partial charge in [0, 0.05) is 38.8 Å². The third-order valence-corrected chi connectivity index (χ3v) is 7.15. The number of aliphatic hydroxyl groups is 1. The van der Waals surface area contributed by atoms with E-state index in [1.807, 2.05) is 56.3 Å². The first-order chi connectivity index (χ1) is 18.4. The number of aromatic nitrogens is 1. The summed E-state index contributed by atoms with van der Waals surface area (Å²) in [5.41, 5.74) is 2.15. The molecule has 0 unspecified atom stereocenters. The molecule has 2 aromatic rings. The molecule has 204 valence electrons. The Kier molecular flexibility index (Phi) is 9.49. The van der Waals surface area contributed by atoms with Gasteiger partial charge in [-0.3, -0.25) is 14.5 Å². The van der Waals surface area contributed by atoms with Crippen LogP contribution >= 0.6 is 0 Å². The minimum atomic E-state index is -0.382. The van der Waals surface area contributed by atoms with Crippen LogP contribution < -0.4 is 4.74 Å². The predicted molar refractivity (Wildman–Crippen MR) is 146 cm³/mol. The second kappa shape index (κ2) is 13.0. The van der Waals surface area contributed by atoms with Gasteiger partial charge in [-0.2, -0.15) is 0 Å². The van der Waals surface area contributed by atoms with Crippen molar-refractivity contribution >= 4 is 24.0 Å². The Morgan fingerprint density at radius 3 is 2.63 bits per heavy atom. The quantitative estimate of drug-likeness (QED) is 0.568. The Morgan fingerprint density at radius 1 is 1.21 bits per heavy atom. The lowest BCUT2D eigenvalue weighted by Crippen LogP contribution is -2.51. The number of pyridine rings is 1. The second-order valence-corrected chi connectivity index (χ2v) is 10.2. The molecule has 0 saturated carbocycles. The van der Waals surface area contributed by atoms with Crippen molar-refractivity contribution in [3.63, 3.8) is 0 Å². The fourth-order valence-electron chi connectivity index (χ4n) is 4.63. The third-order valence-electron chi connectivity index (χ3n) is 7.15. The molecule has 9 nitrogen and oxygen atoms in total. The van der Waals surface area contributed by atoms with Gasteiger partial charge in [-0.15, -0.1) is 0 Å². The van der Waals surface area contributed by atoms with Gasteiger partial charge in [-0.05, 0) is 24.1 Å². The van der Waals surface area contributed by atoms with Crippen molar-refractivity contribution in [2.75, 3.05) is 59.6 Å². The molecule has 0 radical (unpaired) electrons. The highest BCUT2D eigenvalue weighted by molar-refractivity contribution is 5.97. The number of carbonyl (C=O) groups is 2. The molecule has 38 heavy (non-hydrogen) atoms. The van der Waals surface area contributed by atoms with Gasteiger partial charge < -0.3 is 24.4 Å². The second-order valence-electron chi connectivity index (χ2n) is 10.2. The zero-order valence-electron chi connectivity index (χ0n) is 22.5. The summed E-state index contributed by atoms with van der Waals surface area (Å²) >= 11 is 0. The zero-order chi connectivity index (χ0) is 27.1. The van der Waals surface area contributed by atoms with Gasteiger partial charge in [0.1, 0.15) is 11.7 Å². The van der Waals surface area contributed by atoms with Crippen LogP contribution in [0.4, 0.5) is 0 Å². The van der Waals surface area contributed by atoms with E-state index in [1.165, 1.54) is 0 Å². The lowest BCUT2D eigenvalue weighted by Gasteiger charge is -2.38. The van der Waals surface area contributed by atoms with Gasteiger partial charge in [-0.25, -0.2) is 4.98 Å². The molecule has 1 N–H and O–H groups in total. The molecule has 2 aliphatic heterocycles. The summed E-state index contributed by atoms with van der Waals surface area (Å²) in [4.78, 5) is 36.6. The Hall–Kier alpha value is -3.27. The van der Waals surface area contributed by atoms with Gasteiger partial charge >= 0.3 is 0 Å². The van der Waals surface area contributed by atoms with Crippen molar-refractivity contribution < 1.29 is 24.2 Å². The maximum Gasteiger partial charge on any atom is 0.259 e. The standard InChI is InChI=1S/C29H38N4O5/c1-21-17-33(22(2)20-34)29(36)25-15-24(10-9-23-7-5-4-6-8-23)16-30-28(25)38-26(21)18-31(3)27(35)19-32-11-13-37-14-12-32/h4-10,15-16,21-22,26,34H,11-14,17-20H2,1-3H3/b10-9+/t21-,22+,26+/m1/s1. The molecule has 3 heterocycles. The number of carbonyl (C=O) groups excluding carboxylic acids is 2. The fourth-order valence-corrected chi connectivity index (χ4v) is 4.63. The van der Waals surface area contributed by atoms with Crippen LogP contribution in [-0.2, 0) is 9.53 Å². The molecule has 0 spiro atoms. The number of benzene rings is 1. The molecule has 0 aliphatic carbocycles. The van der Waals surface area contributed by atoms with E-state index in [9.17, 15) is 14.7 Å². The van der Waals surface area contributed by atoms with Crippen molar-refractivity contribution in [2.45, 2.75) is 26.0 Å². The van der Waals surface area contributed by atoms with Crippen LogP contribution in [0.15, 0.2) is 42.6 Å². The molecule has 1 fully saturated rings. The van der Waals surface area contributed by atoms with Gasteiger partial charge in [0.2, 0.25) is 11.8 Å². The molecule has 4 rings (SSSR count). The highest BCUT2D eigenvalue weighted by atomic mass is 16.5. The van der Waals surface area contributed by atoms with Crippen LogP contribution in [0.5, 0.6) is 5.88 Å². The number of ether oxygens (including phenoxy) is 2. The molecular weight excluding hydrogens is 484 g/mol. The summed E-state index contributed by atoms with van der Waals surface area (Å²) in [5.74, 6) is -0.0752. The number of amides is 2. The van der Waals surface area contributed by atoms with Crippen LogP contribution in [0, 0.1) is 5.92 Å². The predicted octanol–water partition coefficient (Wildman–Crippen LogP) is 2.26. The molecule has 1 aromatic heterocycles. The minimum absolute atomic E-state index is 0.0102. The number of hydrogen-bond acceptors (Lipinski definition) is 7. The minimum Gasteiger partial charge on any atom is -0.472 e. The fraction of sp³-hybridized carbons (Fsp3) is 0.483. The highest BCUT2D eigenvalue weighted by Gasteiger charge is 2.34. The number of hydrogen-bond donors (Lipinski definition) is 1. The first-order valence-corrected chi connectivity index (χ1v) is 13.2. The van der Waals surface area contributed by atoms with Gasteiger partial charge in [0.05, 0.1) is 39.0 Å². The van der Waals surface area contributed by atoms with E-state index in [-0.39, 0.29) is 42.4 Å². The van der Waals surface area contributed by atoms with Crippen molar-refractivity contribution in [1.82, 2.24) is 19.7 Å². The normalized spacial score (nSPS) is 21.4. The summed E-state index contributed by atoms with van der Waals surface area (Å²) in [5, 5.41) is 9.89. The lowest BCUT2D eigenvalue weighted by molar-refractivity contribution is -0.133. The molecule has 1 aromatic carbocycles. The van der Waals surface area contributed by atoms with E-state index in [0.717, 1.165) is 24.2 Å². The molecule has 9 heteroatoms. The number of fused-ring (bicyclic) bond motifs is 1. The largest absolute Gasteiger partial charge is 0.472 e. The summed E-state index contributed by atoms with van der Waals surface area (Å²) in [7, 11) is 1.78. The Balaban J connectivity index is 1.56. The van der Waals surface area contributed by atoms with Crippen LogP contribution in [0.2, 0.25) is 0 Å². The Bertz CT molecular complexity index is 1120. The van der Waals surface area contributed by atoms with Gasteiger partial charge in [-0.1, -0.05) is 49.4 Å². The first kappa shape index (κ1) is 27.8.